The second kappa shape index (κ2) is 10.9. The van der Waals surface area contributed by atoms with Gasteiger partial charge in [-0.1, -0.05) is 69.3 Å². The van der Waals surface area contributed by atoms with E-state index in [0.29, 0.717) is 6.54 Å². The number of rotatable bonds is 9. The molecule has 1 aliphatic rings. The highest BCUT2D eigenvalue weighted by molar-refractivity contribution is 5.80. The summed E-state index contributed by atoms with van der Waals surface area (Å²) in [4.78, 5) is 38.5. The van der Waals surface area contributed by atoms with E-state index in [1.54, 1.807) is 11.8 Å². The zero-order valence-electron chi connectivity index (χ0n) is 21.2. The molecule has 2 N–H and O–H groups in total. The van der Waals surface area contributed by atoms with Crippen LogP contribution in [0, 0.1) is 5.41 Å². The fourth-order valence-electron chi connectivity index (χ4n) is 4.74. The third kappa shape index (κ3) is 6.21. The third-order valence-corrected chi connectivity index (χ3v) is 6.72. The molecule has 0 heterocycles. The van der Waals surface area contributed by atoms with Crippen molar-refractivity contribution in [3.05, 3.63) is 59.7 Å². The Morgan fingerprint density at radius 1 is 1.00 bits per heavy atom. The van der Waals surface area contributed by atoms with E-state index in [1.165, 1.54) is 0 Å². The number of carbonyl (C=O) groups excluding carboxylic acids is 2. The molecule has 0 aliphatic heterocycles. The molecule has 0 saturated carbocycles. The number of carboxylic acids is 1. The van der Waals surface area contributed by atoms with Crippen molar-refractivity contribution in [2.45, 2.75) is 65.5 Å². The molecule has 1 aliphatic carbocycles. The van der Waals surface area contributed by atoms with Gasteiger partial charge in [0.15, 0.2) is 0 Å². The first-order valence-electron chi connectivity index (χ1n) is 12.2. The van der Waals surface area contributed by atoms with Crippen LogP contribution < -0.4 is 5.32 Å². The van der Waals surface area contributed by atoms with E-state index in [9.17, 15) is 14.4 Å². The molecule has 0 aromatic heterocycles. The fourth-order valence-corrected chi connectivity index (χ4v) is 4.74. The molecule has 3 rings (SSSR count). The van der Waals surface area contributed by atoms with E-state index in [0.717, 1.165) is 22.3 Å². The summed E-state index contributed by atoms with van der Waals surface area (Å²) in [5, 5.41) is 12.0. The molecule has 2 unspecified atom stereocenters. The van der Waals surface area contributed by atoms with Crippen molar-refractivity contribution in [2.24, 2.45) is 5.41 Å². The summed E-state index contributed by atoms with van der Waals surface area (Å²) in [7, 11) is 0. The summed E-state index contributed by atoms with van der Waals surface area (Å²) in [6, 6.07) is 15.4. The van der Waals surface area contributed by atoms with Gasteiger partial charge in [-0.05, 0) is 41.5 Å². The smallest absolute Gasteiger partial charge is 0.407 e. The van der Waals surface area contributed by atoms with E-state index >= 15 is 0 Å². The number of nitrogens with zero attached hydrogens (tertiary/aromatic N) is 1. The maximum atomic E-state index is 13.0. The number of carboxylic acid groups (broad SMARTS) is 1. The molecule has 0 bridgehead atoms. The van der Waals surface area contributed by atoms with E-state index < -0.39 is 29.6 Å². The summed E-state index contributed by atoms with van der Waals surface area (Å²) in [6.07, 6.45) is -0.633. The maximum absolute atomic E-state index is 13.0. The number of ether oxygens (including phenoxy) is 1. The molecular weight excluding hydrogens is 444 g/mol. The number of hydrogen-bond acceptors (Lipinski definition) is 4. The molecule has 35 heavy (non-hydrogen) atoms. The van der Waals surface area contributed by atoms with Gasteiger partial charge in [-0.25, -0.2) is 4.79 Å². The predicted octanol–water partition coefficient (Wildman–Crippen LogP) is 5.04. The Balaban J connectivity index is 1.67. The first-order chi connectivity index (χ1) is 16.5. The van der Waals surface area contributed by atoms with E-state index in [1.807, 2.05) is 52.0 Å². The maximum Gasteiger partial charge on any atom is 0.407 e. The monoisotopic (exact) mass is 480 g/mol. The lowest BCUT2D eigenvalue weighted by atomic mass is 9.84. The second-order valence-electron chi connectivity index (χ2n) is 10.2. The van der Waals surface area contributed by atoms with Crippen molar-refractivity contribution < 1.29 is 24.2 Å². The quantitative estimate of drug-likeness (QED) is 0.524. The van der Waals surface area contributed by atoms with Crippen LogP contribution in [0.2, 0.25) is 0 Å². The van der Waals surface area contributed by atoms with Gasteiger partial charge < -0.3 is 20.1 Å². The molecule has 0 radical (unpaired) electrons. The van der Waals surface area contributed by atoms with Crippen molar-refractivity contribution in [3.8, 4) is 11.1 Å². The number of amides is 2. The van der Waals surface area contributed by atoms with Crippen LogP contribution in [0.4, 0.5) is 4.79 Å². The molecule has 7 nitrogen and oxygen atoms in total. The number of hydrogen-bond donors (Lipinski definition) is 2. The Labute approximate surface area is 207 Å². The summed E-state index contributed by atoms with van der Waals surface area (Å²) in [6.45, 7) is 9.99. The molecular formula is C28H36N2O5. The van der Waals surface area contributed by atoms with Crippen molar-refractivity contribution in [2.75, 3.05) is 13.2 Å². The Morgan fingerprint density at radius 2 is 1.54 bits per heavy atom. The fraction of sp³-hybridized carbons (Fsp3) is 0.464. The van der Waals surface area contributed by atoms with E-state index in [2.05, 4.69) is 29.6 Å². The van der Waals surface area contributed by atoms with Crippen molar-refractivity contribution >= 4 is 18.0 Å². The first-order valence-corrected chi connectivity index (χ1v) is 12.2. The van der Waals surface area contributed by atoms with Crippen LogP contribution in [0.3, 0.4) is 0 Å². The Hall–Kier alpha value is -3.35. The Kier molecular flexibility index (Phi) is 8.20. The highest BCUT2D eigenvalue weighted by Crippen LogP contribution is 2.44. The van der Waals surface area contributed by atoms with E-state index in [4.69, 9.17) is 9.84 Å². The van der Waals surface area contributed by atoms with E-state index in [-0.39, 0.29) is 31.3 Å². The number of aliphatic carboxylic acids is 1. The molecule has 188 valence electrons. The van der Waals surface area contributed by atoms with Crippen LogP contribution in [0.25, 0.3) is 11.1 Å². The van der Waals surface area contributed by atoms with Crippen LogP contribution in [-0.2, 0) is 14.3 Å². The number of alkyl carbamates (subject to hydrolysis) is 1. The number of carbonyl (C=O) groups is 3. The zero-order chi connectivity index (χ0) is 25.8. The minimum absolute atomic E-state index is 0.0460. The normalized spacial score (nSPS) is 14.4. The van der Waals surface area contributed by atoms with Gasteiger partial charge in [-0.3, -0.25) is 9.59 Å². The molecule has 2 amide bonds. The predicted molar refractivity (Wildman–Crippen MR) is 135 cm³/mol. The van der Waals surface area contributed by atoms with Crippen LogP contribution >= 0.6 is 0 Å². The van der Waals surface area contributed by atoms with Gasteiger partial charge in [0.05, 0.1) is 6.42 Å². The van der Waals surface area contributed by atoms with Crippen molar-refractivity contribution in [3.63, 3.8) is 0 Å². The first kappa shape index (κ1) is 26.3. The summed E-state index contributed by atoms with van der Waals surface area (Å²) in [5.74, 6) is -1.19. The lowest BCUT2D eigenvalue weighted by Gasteiger charge is -2.34. The van der Waals surface area contributed by atoms with Gasteiger partial charge in [-0.2, -0.15) is 0 Å². The standard InChI is InChI=1S/C28H36N2O5/c1-6-30(18(2)15-26(32)33)25(31)16-24(28(3,4)5)29-27(34)35-17-23-21-13-9-7-11-19(21)20-12-8-10-14-22(20)23/h7-14,18,23-24H,6,15-17H2,1-5H3,(H,29,34)(H,32,33). The van der Waals surface area contributed by atoms with Gasteiger partial charge >= 0.3 is 12.1 Å². The molecule has 0 spiro atoms. The summed E-state index contributed by atoms with van der Waals surface area (Å²) < 4.78 is 5.68. The molecule has 0 fully saturated rings. The SMILES string of the molecule is CCN(C(=O)CC(NC(=O)OCC1c2ccccc2-c2ccccc21)C(C)(C)C)C(C)CC(=O)O. The lowest BCUT2D eigenvalue weighted by molar-refractivity contribution is -0.140. The minimum Gasteiger partial charge on any atom is -0.481 e. The summed E-state index contributed by atoms with van der Waals surface area (Å²) >= 11 is 0. The average Bonchev–Trinajstić information content (AvgIpc) is 3.10. The Morgan fingerprint density at radius 3 is 2.03 bits per heavy atom. The number of fused-ring (bicyclic) bond motifs is 3. The lowest BCUT2D eigenvalue weighted by Crippen LogP contribution is -2.49. The van der Waals surface area contributed by atoms with Crippen molar-refractivity contribution in [1.29, 1.82) is 0 Å². The van der Waals surface area contributed by atoms with Crippen LogP contribution in [0.15, 0.2) is 48.5 Å². The molecule has 2 atom stereocenters. The van der Waals surface area contributed by atoms with Crippen LogP contribution in [0.5, 0.6) is 0 Å². The molecule has 0 saturated heterocycles. The topological polar surface area (TPSA) is 95.9 Å². The molecule has 2 aromatic carbocycles. The molecule has 7 heteroatoms. The largest absolute Gasteiger partial charge is 0.481 e. The summed E-state index contributed by atoms with van der Waals surface area (Å²) in [5.41, 5.74) is 4.18. The minimum atomic E-state index is -0.951. The van der Waals surface area contributed by atoms with Gasteiger partial charge in [0, 0.05) is 31.0 Å². The highest BCUT2D eigenvalue weighted by Gasteiger charge is 2.33. The van der Waals surface area contributed by atoms with Gasteiger partial charge in [0.1, 0.15) is 6.61 Å². The zero-order valence-corrected chi connectivity index (χ0v) is 21.2. The third-order valence-electron chi connectivity index (χ3n) is 6.72. The Bertz CT molecular complexity index is 1030. The van der Waals surface area contributed by atoms with Crippen LogP contribution in [0.1, 0.15) is 64.5 Å². The number of nitrogens with one attached hydrogen (secondary N) is 1. The molecule has 2 aromatic rings. The second-order valence-corrected chi connectivity index (χ2v) is 10.2. The van der Waals surface area contributed by atoms with Gasteiger partial charge in [0.25, 0.3) is 0 Å². The van der Waals surface area contributed by atoms with Crippen LogP contribution in [-0.4, -0.2) is 53.2 Å². The average molecular weight is 481 g/mol. The highest BCUT2D eigenvalue weighted by atomic mass is 16.5. The number of benzene rings is 2. The van der Waals surface area contributed by atoms with Gasteiger partial charge in [-0.15, -0.1) is 0 Å². The van der Waals surface area contributed by atoms with Crippen molar-refractivity contribution in [1.82, 2.24) is 10.2 Å². The van der Waals surface area contributed by atoms with Gasteiger partial charge in [0.2, 0.25) is 5.91 Å².